The summed E-state index contributed by atoms with van der Waals surface area (Å²) in [5.74, 6) is -0.214. The lowest BCUT2D eigenvalue weighted by molar-refractivity contribution is 0.0690. The van der Waals surface area contributed by atoms with Gasteiger partial charge >= 0.3 is 0 Å². The van der Waals surface area contributed by atoms with Crippen LogP contribution in [0.2, 0.25) is 0 Å². The number of pyridine rings is 1. The van der Waals surface area contributed by atoms with Crippen molar-refractivity contribution in [2.75, 3.05) is 19.6 Å². The van der Waals surface area contributed by atoms with E-state index in [1.807, 2.05) is 24.8 Å². The number of halogens is 1. The highest BCUT2D eigenvalue weighted by atomic mass is 35.5. The summed E-state index contributed by atoms with van der Waals surface area (Å²) >= 11 is 0. The second kappa shape index (κ2) is 7.77. The minimum Gasteiger partial charge on any atom is -0.334 e. The first kappa shape index (κ1) is 18.4. The average Bonchev–Trinajstić information content (AvgIpc) is 3.07. The maximum atomic E-state index is 12.9. The van der Waals surface area contributed by atoms with Gasteiger partial charge in [-0.1, -0.05) is 13.0 Å². The molecule has 1 saturated heterocycles. The first-order valence-electron chi connectivity index (χ1n) is 8.11. The number of aromatic nitrogens is 2. The maximum Gasteiger partial charge on any atom is 0.270 e. The van der Waals surface area contributed by atoms with Crippen LogP contribution in [0.5, 0.6) is 0 Å². The molecule has 130 valence electrons. The van der Waals surface area contributed by atoms with Crippen LogP contribution in [0.15, 0.2) is 29.3 Å². The lowest BCUT2D eigenvalue weighted by atomic mass is 10.1. The molecule has 0 spiro atoms. The third-order valence-corrected chi connectivity index (χ3v) is 4.28. The second-order valence-corrected chi connectivity index (χ2v) is 6.06. The van der Waals surface area contributed by atoms with E-state index in [-0.39, 0.29) is 35.5 Å². The van der Waals surface area contributed by atoms with Gasteiger partial charge in [0.15, 0.2) is 0 Å². The SMILES string of the molecule is CCCN(C(=O)c1cnc2ccc(C)cn2c1=O)C1CCNC1.Cl. The lowest BCUT2D eigenvalue weighted by Gasteiger charge is -2.28. The second-order valence-electron chi connectivity index (χ2n) is 6.06. The maximum absolute atomic E-state index is 12.9. The number of aryl methyl sites for hydroxylation is 1. The van der Waals surface area contributed by atoms with Crippen LogP contribution in [0.1, 0.15) is 35.7 Å². The zero-order chi connectivity index (χ0) is 16.4. The van der Waals surface area contributed by atoms with Gasteiger partial charge in [0.25, 0.3) is 11.5 Å². The Labute approximate surface area is 147 Å². The van der Waals surface area contributed by atoms with Crippen molar-refractivity contribution < 1.29 is 4.79 Å². The van der Waals surface area contributed by atoms with Crippen molar-refractivity contribution in [3.05, 3.63) is 46.0 Å². The van der Waals surface area contributed by atoms with Gasteiger partial charge in [-0.3, -0.25) is 14.0 Å². The van der Waals surface area contributed by atoms with E-state index in [4.69, 9.17) is 0 Å². The van der Waals surface area contributed by atoms with Gasteiger partial charge in [0.2, 0.25) is 0 Å². The Morgan fingerprint density at radius 3 is 2.92 bits per heavy atom. The summed E-state index contributed by atoms with van der Waals surface area (Å²) in [5, 5.41) is 3.28. The largest absolute Gasteiger partial charge is 0.334 e. The Balaban J connectivity index is 0.00000208. The number of nitrogens with zero attached hydrogens (tertiary/aromatic N) is 3. The van der Waals surface area contributed by atoms with Crippen LogP contribution in [0, 0.1) is 6.92 Å². The molecule has 6 nitrogen and oxygen atoms in total. The van der Waals surface area contributed by atoms with Crippen molar-refractivity contribution >= 4 is 24.0 Å². The Morgan fingerprint density at radius 1 is 1.46 bits per heavy atom. The van der Waals surface area contributed by atoms with E-state index >= 15 is 0 Å². The van der Waals surface area contributed by atoms with Gasteiger partial charge in [0.1, 0.15) is 11.2 Å². The molecule has 1 aliphatic rings. The summed E-state index contributed by atoms with van der Waals surface area (Å²) in [5.41, 5.74) is 1.36. The molecule has 0 aliphatic carbocycles. The number of carbonyl (C=O) groups excluding carboxylic acids is 1. The van der Waals surface area contributed by atoms with Gasteiger partial charge < -0.3 is 10.2 Å². The fourth-order valence-corrected chi connectivity index (χ4v) is 3.08. The average molecular weight is 351 g/mol. The van der Waals surface area contributed by atoms with Crippen LogP contribution in [-0.4, -0.2) is 45.9 Å². The molecule has 1 atom stereocenters. The summed E-state index contributed by atoms with van der Waals surface area (Å²) in [6.45, 7) is 6.30. The van der Waals surface area contributed by atoms with Crippen molar-refractivity contribution in [2.24, 2.45) is 0 Å². The van der Waals surface area contributed by atoms with Gasteiger partial charge in [0, 0.05) is 31.5 Å². The topological polar surface area (TPSA) is 66.7 Å². The number of fused-ring (bicyclic) bond motifs is 1. The van der Waals surface area contributed by atoms with E-state index in [1.54, 1.807) is 12.3 Å². The predicted octanol–water partition coefficient (Wildman–Crippen LogP) is 1.64. The molecule has 0 bridgehead atoms. The molecule has 0 aromatic carbocycles. The number of nitrogens with one attached hydrogen (secondary N) is 1. The molecule has 1 N–H and O–H groups in total. The van der Waals surface area contributed by atoms with Gasteiger partial charge in [-0.2, -0.15) is 0 Å². The van der Waals surface area contributed by atoms with Crippen LogP contribution < -0.4 is 10.9 Å². The number of hydrogen-bond acceptors (Lipinski definition) is 4. The molecule has 2 aromatic rings. The molecule has 7 heteroatoms. The molecular formula is C17H23ClN4O2. The molecular weight excluding hydrogens is 328 g/mol. The highest BCUT2D eigenvalue weighted by Crippen LogP contribution is 2.13. The normalized spacial score (nSPS) is 16.8. The number of rotatable bonds is 4. The third kappa shape index (κ3) is 3.44. The molecule has 1 fully saturated rings. The zero-order valence-corrected chi connectivity index (χ0v) is 14.8. The summed E-state index contributed by atoms with van der Waals surface area (Å²) in [4.78, 5) is 31.7. The summed E-state index contributed by atoms with van der Waals surface area (Å²) in [6, 6.07) is 3.84. The molecule has 1 amide bonds. The molecule has 3 rings (SSSR count). The number of carbonyl (C=O) groups is 1. The number of amides is 1. The van der Waals surface area contributed by atoms with Crippen LogP contribution in [0.4, 0.5) is 0 Å². The van der Waals surface area contributed by atoms with Crippen LogP contribution in [0.3, 0.4) is 0 Å². The van der Waals surface area contributed by atoms with Crippen LogP contribution >= 0.6 is 12.4 Å². The predicted molar refractivity (Wildman–Crippen MR) is 96.0 cm³/mol. The first-order chi connectivity index (χ1) is 11.1. The molecule has 3 heterocycles. The van der Waals surface area contributed by atoms with Crippen molar-refractivity contribution in [3.63, 3.8) is 0 Å². The van der Waals surface area contributed by atoms with E-state index in [0.29, 0.717) is 12.2 Å². The Bertz CT molecular complexity index is 784. The zero-order valence-electron chi connectivity index (χ0n) is 14.0. The van der Waals surface area contributed by atoms with Crippen LogP contribution in [-0.2, 0) is 0 Å². The van der Waals surface area contributed by atoms with Gasteiger partial charge in [-0.15, -0.1) is 12.4 Å². The summed E-state index contributed by atoms with van der Waals surface area (Å²) in [6.07, 6.45) is 4.93. The first-order valence-corrected chi connectivity index (χ1v) is 8.11. The summed E-state index contributed by atoms with van der Waals surface area (Å²) in [7, 11) is 0. The highest BCUT2D eigenvalue weighted by Gasteiger charge is 2.28. The van der Waals surface area contributed by atoms with Crippen molar-refractivity contribution in [1.29, 1.82) is 0 Å². The fourth-order valence-electron chi connectivity index (χ4n) is 3.08. The highest BCUT2D eigenvalue weighted by molar-refractivity contribution is 5.94. The minimum absolute atomic E-state index is 0. The van der Waals surface area contributed by atoms with Crippen molar-refractivity contribution in [3.8, 4) is 0 Å². The lowest BCUT2D eigenvalue weighted by Crippen LogP contribution is -2.44. The van der Waals surface area contributed by atoms with Crippen LogP contribution in [0.25, 0.3) is 5.65 Å². The molecule has 2 aromatic heterocycles. The van der Waals surface area contributed by atoms with E-state index in [2.05, 4.69) is 10.3 Å². The smallest absolute Gasteiger partial charge is 0.270 e. The molecule has 1 unspecified atom stereocenters. The quantitative estimate of drug-likeness (QED) is 0.910. The Kier molecular flexibility index (Phi) is 5.96. The Hall–Kier alpha value is -1.92. The number of hydrogen-bond donors (Lipinski definition) is 1. The standard InChI is InChI=1S/C17H22N4O2.ClH/c1-3-8-20(13-6-7-18-9-13)16(22)14-10-19-15-5-4-12(2)11-21(15)17(14)23;/h4-5,10-11,13,18H,3,6-9H2,1-2H3;1H. The van der Waals surface area contributed by atoms with Crippen molar-refractivity contribution in [2.45, 2.75) is 32.7 Å². The van der Waals surface area contributed by atoms with E-state index < -0.39 is 0 Å². The van der Waals surface area contributed by atoms with Gasteiger partial charge in [-0.05, 0) is 37.9 Å². The van der Waals surface area contributed by atoms with E-state index in [0.717, 1.165) is 31.5 Å². The molecule has 0 saturated carbocycles. The minimum atomic E-state index is -0.296. The third-order valence-electron chi connectivity index (χ3n) is 4.28. The van der Waals surface area contributed by atoms with Gasteiger partial charge in [0.05, 0.1) is 0 Å². The molecule has 1 aliphatic heterocycles. The van der Waals surface area contributed by atoms with E-state index in [9.17, 15) is 9.59 Å². The van der Waals surface area contributed by atoms with Crippen molar-refractivity contribution in [1.82, 2.24) is 19.6 Å². The summed E-state index contributed by atoms with van der Waals surface area (Å²) < 4.78 is 1.46. The monoisotopic (exact) mass is 350 g/mol. The van der Waals surface area contributed by atoms with E-state index in [1.165, 1.54) is 10.6 Å². The fraction of sp³-hybridized carbons (Fsp3) is 0.471. The van der Waals surface area contributed by atoms with Gasteiger partial charge in [-0.25, -0.2) is 4.98 Å². The Morgan fingerprint density at radius 2 is 2.25 bits per heavy atom. The molecule has 24 heavy (non-hydrogen) atoms. The molecule has 0 radical (unpaired) electrons.